The highest BCUT2D eigenvalue weighted by molar-refractivity contribution is 14.0. The van der Waals surface area contributed by atoms with Crippen LogP contribution in [0, 0.1) is 5.92 Å². The molecule has 0 saturated carbocycles. The third-order valence-corrected chi connectivity index (χ3v) is 5.03. The van der Waals surface area contributed by atoms with Gasteiger partial charge < -0.3 is 15.4 Å². The van der Waals surface area contributed by atoms with Crippen molar-refractivity contribution in [2.24, 2.45) is 10.9 Å². The monoisotopic (exact) mass is 549 g/mol. The summed E-state index contributed by atoms with van der Waals surface area (Å²) in [5, 5.41) is 7.82. The highest BCUT2D eigenvalue weighted by atomic mass is 127. The fourth-order valence-electron chi connectivity index (χ4n) is 2.95. The highest BCUT2D eigenvalue weighted by Crippen LogP contribution is 2.29. The molecule has 168 valence electrons. The van der Waals surface area contributed by atoms with Crippen LogP contribution in [0.2, 0.25) is 0 Å². The molecule has 1 aliphatic heterocycles. The van der Waals surface area contributed by atoms with E-state index >= 15 is 0 Å². The minimum Gasteiger partial charge on any atom is -0.374 e. The first-order valence-electron chi connectivity index (χ1n) is 9.65. The van der Waals surface area contributed by atoms with Gasteiger partial charge >= 0.3 is 6.18 Å². The molecule has 1 fully saturated rings. The second kappa shape index (κ2) is 12.9. The summed E-state index contributed by atoms with van der Waals surface area (Å²) in [7, 11) is 0. The Morgan fingerprint density at radius 2 is 2.17 bits per heavy atom. The molecule has 0 radical (unpaired) electrons. The van der Waals surface area contributed by atoms with Crippen LogP contribution < -0.4 is 10.6 Å². The molecule has 0 bridgehead atoms. The quantitative estimate of drug-likeness (QED) is 0.296. The molecule has 1 aromatic rings. The number of nitrogens with one attached hydrogen (secondary N) is 2. The largest absolute Gasteiger partial charge is 0.434 e. The van der Waals surface area contributed by atoms with Crippen molar-refractivity contribution in [3.8, 4) is 0 Å². The SMILES string of the molecule is CCNC(=NCC1CN(CC(C)C)CCO1)NCCc1nc(C(F)(F)F)cs1.I. The van der Waals surface area contributed by atoms with Crippen LogP contribution in [0.25, 0.3) is 0 Å². The first kappa shape index (κ1) is 26.4. The Labute approximate surface area is 191 Å². The van der Waals surface area contributed by atoms with Gasteiger partial charge in [-0.25, -0.2) is 4.98 Å². The van der Waals surface area contributed by atoms with E-state index in [0.717, 1.165) is 36.4 Å². The number of thiazole rings is 1. The number of halogens is 4. The van der Waals surface area contributed by atoms with Crippen LogP contribution in [-0.2, 0) is 17.3 Å². The number of ether oxygens (including phenoxy) is 1. The lowest BCUT2D eigenvalue weighted by Gasteiger charge is -2.33. The number of aromatic nitrogens is 1. The number of alkyl halides is 3. The minimum absolute atomic E-state index is 0. The average molecular weight is 549 g/mol. The second-order valence-electron chi connectivity index (χ2n) is 7.17. The summed E-state index contributed by atoms with van der Waals surface area (Å²) < 4.78 is 43.6. The molecule has 1 atom stereocenters. The van der Waals surface area contributed by atoms with Crippen molar-refractivity contribution in [1.82, 2.24) is 20.5 Å². The van der Waals surface area contributed by atoms with Crippen molar-refractivity contribution in [3.63, 3.8) is 0 Å². The molecule has 2 heterocycles. The summed E-state index contributed by atoms with van der Waals surface area (Å²) in [5.41, 5.74) is -0.825. The highest BCUT2D eigenvalue weighted by Gasteiger charge is 2.33. The van der Waals surface area contributed by atoms with E-state index in [1.165, 1.54) is 0 Å². The third-order valence-electron chi connectivity index (χ3n) is 4.12. The Kier molecular flexibility index (Phi) is 11.7. The van der Waals surface area contributed by atoms with Crippen molar-refractivity contribution in [1.29, 1.82) is 0 Å². The molecule has 11 heteroatoms. The van der Waals surface area contributed by atoms with Gasteiger partial charge in [-0.1, -0.05) is 13.8 Å². The maximum atomic E-state index is 12.6. The Hall–Kier alpha value is -0.660. The van der Waals surface area contributed by atoms with Gasteiger partial charge in [-0.15, -0.1) is 35.3 Å². The number of aliphatic imine (C=N–C) groups is 1. The number of morpholine rings is 1. The van der Waals surface area contributed by atoms with E-state index in [-0.39, 0.29) is 30.1 Å². The summed E-state index contributed by atoms with van der Waals surface area (Å²) in [6.45, 7) is 11.7. The van der Waals surface area contributed by atoms with Gasteiger partial charge in [0.2, 0.25) is 0 Å². The van der Waals surface area contributed by atoms with Crippen molar-refractivity contribution in [3.05, 3.63) is 16.1 Å². The molecule has 0 aromatic carbocycles. The molecule has 1 aliphatic rings. The van der Waals surface area contributed by atoms with Gasteiger partial charge in [0, 0.05) is 44.5 Å². The predicted molar refractivity (Wildman–Crippen MR) is 121 cm³/mol. The molecule has 2 N–H and O–H groups in total. The van der Waals surface area contributed by atoms with Gasteiger partial charge in [0.15, 0.2) is 11.7 Å². The predicted octanol–water partition coefficient (Wildman–Crippen LogP) is 3.23. The maximum Gasteiger partial charge on any atom is 0.434 e. The number of hydrogen-bond acceptors (Lipinski definition) is 5. The summed E-state index contributed by atoms with van der Waals surface area (Å²) in [4.78, 5) is 10.6. The van der Waals surface area contributed by atoms with Gasteiger partial charge in [-0.3, -0.25) is 9.89 Å². The fraction of sp³-hybridized carbons (Fsp3) is 0.778. The van der Waals surface area contributed by atoms with Gasteiger partial charge in [-0.05, 0) is 12.8 Å². The fourth-order valence-corrected chi connectivity index (χ4v) is 3.76. The molecule has 1 saturated heterocycles. The van der Waals surface area contributed by atoms with Crippen LogP contribution in [0.1, 0.15) is 31.5 Å². The minimum atomic E-state index is -4.39. The molecule has 1 aromatic heterocycles. The Bertz CT molecular complexity index is 627. The normalized spacial score (nSPS) is 18.6. The van der Waals surface area contributed by atoms with Crippen molar-refractivity contribution in [2.45, 2.75) is 39.5 Å². The van der Waals surface area contributed by atoms with Crippen LogP contribution in [0.15, 0.2) is 10.4 Å². The number of rotatable bonds is 8. The van der Waals surface area contributed by atoms with Crippen LogP contribution in [0.5, 0.6) is 0 Å². The van der Waals surface area contributed by atoms with E-state index in [1.54, 1.807) is 0 Å². The van der Waals surface area contributed by atoms with Crippen LogP contribution in [0.3, 0.4) is 0 Å². The summed E-state index contributed by atoms with van der Waals surface area (Å²) >= 11 is 1.03. The zero-order chi connectivity index (χ0) is 20.6. The maximum absolute atomic E-state index is 12.6. The van der Waals surface area contributed by atoms with Crippen LogP contribution in [0.4, 0.5) is 13.2 Å². The smallest absolute Gasteiger partial charge is 0.374 e. The summed E-state index contributed by atoms with van der Waals surface area (Å²) in [6, 6.07) is 0. The lowest BCUT2D eigenvalue weighted by Crippen LogP contribution is -2.46. The third kappa shape index (κ3) is 9.79. The van der Waals surface area contributed by atoms with Crippen molar-refractivity contribution < 1.29 is 17.9 Å². The average Bonchev–Trinajstić information content (AvgIpc) is 3.09. The van der Waals surface area contributed by atoms with Crippen molar-refractivity contribution >= 4 is 41.3 Å². The van der Waals surface area contributed by atoms with Gasteiger partial charge in [0.25, 0.3) is 0 Å². The number of nitrogens with zero attached hydrogens (tertiary/aromatic N) is 3. The topological polar surface area (TPSA) is 61.8 Å². The molecule has 6 nitrogen and oxygen atoms in total. The summed E-state index contributed by atoms with van der Waals surface area (Å²) in [5.74, 6) is 1.25. The van der Waals surface area contributed by atoms with E-state index in [4.69, 9.17) is 4.74 Å². The van der Waals surface area contributed by atoms with E-state index in [2.05, 4.69) is 39.4 Å². The zero-order valence-electron chi connectivity index (χ0n) is 17.1. The molecule has 0 spiro atoms. The standard InChI is InChI=1S/C18H30F3N5OS.HI/c1-4-22-17(23-6-5-16-25-15(12-28-16)18(19,20)21)24-9-14-11-26(7-8-27-14)10-13(2)3;/h12-14H,4-11H2,1-3H3,(H2,22,23,24);1H. The molecule has 0 aliphatic carbocycles. The second-order valence-corrected chi connectivity index (χ2v) is 8.11. The molecule has 29 heavy (non-hydrogen) atoms. The van der Waals surface area contributed by atoms with Crippen LogP contribution >= 0.6 is 35.3 Å². The molecule has 0 amide bonds. The van der Waals surface area contributed by atoms with E-state index in [1.807, 2.05) is 6.92 Å². The Balaban J connectivity index is 0.00000420. The summed E-state index contributed by atoms with van der Waals surface area (Å²) in [6.07, 6.45) is -3.92. The zero-order valence-corrected chi connectivity index (χ0v) is 20.2. The molecule has 1 unspecified atom stereocenters. The van der Waals surface area contributed by atoms with Gasteiger partial charge in [0.1, 0.15) is 0 Å². The molecule has 2 rings (SSSR count). The Morgan fingerprint density at radius 3 is 2.79 bits per heavy atom. The van der Waals surface area contributed by atoms with E-state index in [0.29, 0.717) is 49.5 Å². The van der Waals surface area contributed by atoms with Crippen LogP contribution in [-0.4, -0.2) is 67.8 Å². The van der Waals surface area contributed by atoms with E-state index in [9.17, 15) is 13.2 Å². The first-order chi connectivity index (χ1) is 13.3. The lowest BCUT2D eigenvalue weighted by molar-refractivity contribution is -0.140. The molecular formula is C18H31F3IN5OS. The first-order valence-corrected chi connectivity index (χ1v) is 10.5. The Morgan fingerprint density at radius 1 is 1.41 bits per heavy atom. The lowest BCUT2D eigenvalue weighted by atomic mass is 10.2. The molecular weight excluding hydrogens is 518 g/mol. The number of hydrogen-bond donors (Lipinski definition) is 2. The van der Waals surface area contributed by atoms with Gasteiger partial charge in [-0.2, -0.15) is 13.2 Å². The van der Waals surface area contributed by atoms with E-state index < -0.39 is 11.9 Å². The van der Waals surface area contributed by atoms with Crippen molar-refractivity contribution in [2.75, 3.05) is 45.9 Å². The van der Waals surface area contributed by atoms with Gasteiger partial charge in [0.05, 0.1) is 24.3 Å². The number of guanidine groups is 1.